The van der Waals surface area contributed by atoms with E-state index in [9.17, 15) is 4.79 Å². The number of nitrogen functional groups attached to an aromatic ring is 1. The van der Waals surface area contributed by atoms with E-state index in [0.717, 1.165) is 22.4 Å². The van der Waals surface area contributed by atoms with E-state index in [0.29, 0.717) is 12.1 Å². The lowest BCUT2D eigenvalue weighted by molar-refractivity contribution is -0.116. The number of carbonyl (C=O) groups excluding carboxylic acids is 1. The van der Waals surface area contributed by atoms with Crippen LogP contribution in [0.15, 0.2) is 78.9 Å². The van der Waals surface area contributed by atoms with E-state index >= 15 is 0 Å². The Morgan fingerprint density at radius 3 is 2.00 bits per heavy atom. The predicted octanol–water partition coefficient (Wildman–Crippen LogP) is 4.74. The van der Waals surface area contributed by atoms with Crippen LogP contribution in [0.5, 0.6) is 0 Å². The molecule has 0 saturated carbocycles. The fourth-order valence-electron chi connectivity index (χ4n) is 2.91. The number of amides is 1. The molecule has 0 spiro atoms. The number of nitrogens with one attached hydrogen (secondary N) is 1. The van der Waals surface area contributed by atoms with Gasteiger partial charge in [-0.2, -0.15) is 0 Å². The molecular formula is C22H22N2O. The molecule has 3 aromatic rings. The highest BCUT2D eigenvalue weighted by Crippen LogP contribution is 2.28. The van der Waals surface area contributed by atoms with E-state index < -0.39 is 0 Å². The molecule has 0 bridgehead atoms. The van der Waals surface area contributed by atoms with Gasteiger partial charge in [-0.25, -0.2) is 0 Å². The molecule has 3 rings (SSSR count). The number of nitrogens with two attached hydrogens (primary N) is 1. The van der Waals surface area contributed by atoms with Crippen molar-refractivity contribution in [2.45, 2.75) is 19.3 Å². The topological polar surface area (TPSA) is 55.1 Å². The van der Waals surface area contributed by atoms with Gasteiger partial charge < -0.3 is 11.1 Å². The van der Waals surface area contributed by atoms with Crippen LogP contribution in [-0.2, 0) is 4.79 Å². The Balaban J connectivity index is 1.80. The second kappa shape index (κ2) is 7.67. The van der Waals surface area contributed by atoms with Gasteiger partial charge in [0.25, 0.3) is 0 Å². The molecule has 0 aromatic heterocycles. The molecule has 0 heterocycles. The molecule has 0 aliphatic heterocycles. The first-order valence-electron chi connectivity index (χ1n) is 8.39. The average molecular weight is 330 g/mol. The van der Waals surface area contributed by atoms with Crippen LogP contribution in [0.1, 0.15) is 29.0 Å². The summed E-state index contributed by atoms with van der Waals surface area (Å²) in [7, 11) is 0. The van der Waals surface area contributed by atoms with Gasteiger partial charge in [0.1, 0.15) is 0 Å². The van der Waals surface area contributed by atoms with Crippen molar-refractivity contribution >= 4 is 17.3 Å². The minimum Gasteiger partial charge on any atom is -0.398 e. The van der Waals surface area contributed by atoms with Crippen molar-refractivity contribution < 1.29 is 4.79 Å². The van der Waals surface area contributed by atoms with Gasteiger partial charge >= 0.3 is 0 Å². The van der Waals surface area contributed by atoms with Crippen LogP contribution in [0, 0.1) is 6.92 Å². The van der Waals surface area contributed by atoms with E-state index in [1.807, 2.05) is 55.5 Å². The fourth-order valence-corrected chi connectivity index (χ4v) is 2.91. The standard InChI is InChI=1S/C22H22N2O/c1-16-12-13-19(14-21(16)23)24-22(25)15-20(17-8-4-2-5-9-17)18-10-6-3-7-11-18/h2-14,20H,15,23H2,1H3,(H,24,25). The van der Waals surface area contributed by atoms with Crippen molar-refractivity contribution in [1.82, 2.24) is 0 Å². The van der Waals surface area contributed by atoms with Crippen LogP contribution >= 0.6 is 0 Å². The molecule has 3 N–H and O–H groups in total. The maximum absolute atomic E-state index is 12.6. The highest BCUT2D eigenvalue weighted by Gasteiger charge is 2.18. The summed E-state index contributed by atoms with van der Waals surface area (Å²) in [5.41, 5.74) is 10.6. The van der Waals surface area contributed by atoms with Crippen LogP contribution in [0.25, 0.3) is 0 Å². The summed E-state index contributed by atoms with van der Waals surface area (Å²) in [5, 5.41) is 2.96. The maximum atomic E-state index is 12.6. The third-order valence-electron chi connectivity index (χ3n) is 4.36. The third kappa shape index (κ3) is 4.27. The van der Waals surface area contributed by atoms with Gasteiger partial charge in [-0.3, -0.25) is 4.79 Å². The molecule has 0 atom stereocenters. The molecule has 0 aliphatic carbocycles. The zero-order valence-corrected chi connectivity index (χ0v) is 14.3. The molecular weight excluding hydrogens is 308 g/mol. The Labute approximate surface area is 148 Å². The molecule has 0 aliphatic rings. The van der Waals surface area contributed by atoms with Gasteiger partial charge in [-0.15, -0.1) is 0 Å². The first-order chi connectivity index (χ1) is 12.1. The molecule has 1 amide bonds. The van der Waals surface area contributed by atoms with Gasteiger partial charge in [0.05, 0.1) is 0 Å². The summed E-state index contributed by atoms with van der Waals surface area (Å²) in [5.74, 6) is -0.00819. The molecule has 25 heavy (non-hydrogen) atoms. The van der Waals surface area contributed by atoms with Crippen molar-refractivity contribution in [3.63, 3.8) is 0 Å². The van der Waals surface area contributed by atoms with Gasteiger partial charge in [-0.1, -0.05) is 66.7 Å². The second-order valence-corrected chi connectivity index (χ2v) is 6.20. The predicted molar refractivity (Wildman–Crippen MR) is 104 cm³/mol. The molecule has 0 fully saturated rings. The molecule has 3 aromatic carbocycles. The number of carbonyl (C=O) groups is 1. The van der Waals surface area contributed by atoms with E-state index in [1.165, 1.54) is 0 Å². The second-order valence-electron chi connectivity index (χ2n) is 6.20. The first kappa shape index (κ1) is 16.8. The molecule has 3 heteroatoms. The minimum absolute atomic E-state index is 0.0187. The fraction of sp³-hybridized carbons (Fsp3) is 0.136. The smallest absolute Gasteiger partial charge is 0.225 e. The van der Waals surface area contributed by atoms with Crippen LogP contribution in [0.2, 0.25) is 0 Å². The number of rotatable bonds is 5. The highest BCUT2D eigenvalue weighted by atomic mass is 16.1. The normalized spacial score (nSPS) is 10.6. The first-order valence-corrected chi connectivity index (χ1v) is 8.39. The van der Waals surface area contributed by atoms with Crippen molar-refractivity contribution in [1.29, 1.82) is 0 Å². The number of aryl methyl sites for hydroxylation is 1. The van der Waals surface area contributed by atoms with Crippen molar-refractivity contribution in [3.05, 3.63) is 95.6 Å². The zero-order valence-electron chi connectivity index (χ0n) is 14.3. The lowest BCUT2D eigenvalue weighted by atomic mass is 9.88. The monoisotopic (exact) mass is 330 g/mol. The summed E-state index contributed by atoms with van der Waals surface area (Å²) in [6.07, 6.45) is 0.377. The van der Waals surface area contributed by atoms with Crippen LogP contribution < -0.4 is 11.1 Å². The summed E-state index contributed by atoms with van der Waals surface area (Å²) in [6, 6.07) is 25.8. The van der Waals surface area contributed by atoms with Gasteiger partial charge in [0.2, 0.25) is 5.91 Å². The largest absolute Gasteiger partial charge is 0.398 e. The number of hydrogen-bond donors (Lipinski definition) is 2. The third-order valence-corrected chi connectivity index (χ3v) is 4.36. The molecule has 0 unspecified atom stereocenters. The summed E-state index contributed by atoms with van der Waals surface area (Å²) in [6.45, 7) is 1.95. The van der Waals surface area contributed by atoms with Crippen molar-refractivity contribution in [2.24, 2.45) is 0 Å². The number of benzene rings is 3. The molecule has 3 nitrogen and oxygen atoms in total. The van der Waals surface area contributed by atoms with Crippen molar-refractivity contribution in [2.75, 3.05) is 11.1 Å². The Kier molecular flexibility index (Phi) is 5.14. The van der Waals surface area contributed by atoms with E-state index in [2.05, 4.69) is 29.6 Å². The zero-order chi connectivity index (χ0) is 17.6. The quantitative estimate of drug-likeness (QED) is 0.664. The van der Waals surface area contributed by atoms with E-state index in [4.69, 9.17) is 5.73 Å². The lowest BCUT2D eigenvalue weighted by Gasteiger charge is -2.18. The Bertz CT molecular complexity index is 805. The SMILES string of the molecule is Cc1ccc(NC(=O)CC(c2ccccc2)c2ccccc2)cc1N. The average Bonchev–Trinajstić information content (AvgIpc) is 2.64. The molecule has 0 saturated heterocycles. The summed E-state index contributed by atoms with van der Waals surface area (Å²) < 4.78 is 0. The van der Waals surface area contributed by atoms with E-state index in [1.54, 1.807) is 6.07 Å². The lowest BCUT2D eigenvalue weighted by Crippen LogP contribution is -2.16. The van der Waals surface area contributed by atoms with Crippen molar-refractivity contribution in [3.8, 4) is 0 Å². The van der Waals surface area contributed by atoms with Gasteiger partial charge in [0, 0.05) is 23.7 Å². The maximum Gasteiger partial charge on any atom is 0.225 e. The Morgan fingerprint density at radius 2 is 1.48 bits per heavy atom. The Morgan fingerprint density at radius 1 is 0.920 bits per heavy atom. The summed E-state index contributed by atoms with van der Waals surface area (Å²) >= 11 is 0. The molecule has 126 valence electrons. The number of anilines is 2. The number of hydrogen-bond acceptors (Lipinski definition) is 2. The van der Waals surface area contributed by atoms with E-state index in [-0.39, 0.29) is 11.8 Å². The van der Waals surface area contributed by atoms with Crippen LogP contribution in [-0.4, -0.2) is 5.91 Å². The summed E-state index contributed by atoms with van der Waals surface area (Å²) in [4.78, 5) is 12.6. The minimum atomic E-state index is -0.0269. The van der Waals surface area contributed by atoms with Crippen LogP contribution in [0.4, 0.5) is 11.4 Å². The van der Waals surface area contributed by atoms with Gasteiger partial charge in [-0.05, 0) is 35.7 Å². The Hall–Kier alpha value is -3.07. The molecule has 0 radical (unpaired) electrons. The van der Waals surface area contributed by atoms with Gasteiger partial charge in [0.15, 0.2) is 0 Å². The highest BCUT2D eigenvalue weighted by molar-refractivity contribution is 5.92. The van der Waals surface area contributed by atoms with Crippen LogP contribution in [0.3, 0.4) is 0 Å².